The first-order chi connectivity index (χ1) is 11.6. The Morgan fingerprint density at radius 2 is 2.04 bits per heavy atom. The summed E-state index contributed by atoms with van der Waals surface area (Å²) in [5.41, 5.74) is 1.56. The Bertz CT molecular complexity index is 674. The number of carbonyl (C=O) groups excluding carboxylic acids is 1. The van der Waals surface area contributed by atoms with E-state index in [1.165, 1.54) is 0 Å². The molecule has 0 radical (unpaired) electrons. The summed E-state index contributed by atoms with van der Waals surface area (Å²) >= 11 is 0. The van der Waals surface area contributed by atoms with Crippen LogP contribution in [0.15, 0.2) is 42.6 Å². The fourth-order valence-corrected chi connectivity index (χ4v) is 2.08. The normalized spacial score (nSPS) is 10.3. The first kappa shape index (κ1) is 17.7. The van der Waals surface area contributed by atoms with Crippen molar-refractivity contribution in [2.75, 3.05) is 39.3 Å². The molecule has 0 bridgehead atoms. The molecular weight excluding hydrogens is 306 g/mol. The lowest BCUT2D eigenvalue weighted by molar-refractivity contribution is 0.0950. The summed E-state index contributed by atoms with van der Waals surface area (Å²) in [4.78, 5) is 18.3. The van der Waals surface area contributed by atoms with Crippen LogP contribution in [0, 0.1) is 0 Å². The molecule has 1 heterocycles. The van der Waals surface area contributed by atoms with Crippen molar-refractivity contribution in [3.05, 3.63) is 53.7 Å². The maximum Gasteiger partial charge on any atom is 0.251 e. The number of aromatic nitrogens is 1. The number of hydrogen-bond acceptors (Lipinski definition) is 5. The van der Waals surface area contributed by atoms with Gasteiger partial charge in [-0.15, -0.1) is 0 Å². The van der Waals surface area contributed by atoms with E-state index in [2.05, 4.69) is 10.3 Å². The van der Waals surface area contributed by atoms with E-state index in [-0.39, 0.29) is 5.91 Å². The fourth-order valence-electron chi connectivity index (χ4n) is 2.08. The first-order valence-corrected chi connectivity index (χ1v) is 7.72. The van der Waals surface area contributed by atoms with Crippen LogP contribution >= 0.6 is 0 Å². The van der Waals surface area contributed by atoms with Gasteiger partial charge in [-0.2, -0.15) is 0 Å². The average molecular weight is 329 g/mol. The third-order valence-corrected chi connectivity index (χ3v) is 3.37. The second kappa shape index (κ2) is 8.88. The van der Waals surface area contributed by atoms with Crippen LogP contribution in [0.3, 0.4) is 0 Å². The molecule has 128 valence electrons. The minimum Gasteiger partial charge on any atom is -0.491 e. The number of amides is 1. The Hall–Kier alpha value is -2.60. The Kier molecular flexibility index (Phi) is 6.57. The van der Waals surface area contributed by atoms with Gasteiger partial charge >= 0.3 is 0 Å². The molecule has 1 N–H and O–H groups in total. The van der Waals surface area contributed by atoms with Crippen molar-refractivity contribution >= 4 is 11.7 Å². The highest BCUT2D eigenvalue weighted by molar-refractivity contribution is 5.94. The van der Waals surface area contributed by atoms with Crippen molar-refractivity contribution in [3.8, 4) is 5.75 Å². The standard InChI is InChI=1S/C18H23N3O3/c1-21(2)17-12-15(7-8-19-17)18(22)20-13-14-5-4-6-16(11-14)24-10-9-23-3/h4-8,11-12H,9-10,13H2,1-3H3,(H,20,22). The molecule has 0 unspecified atom stereocenters. The van der Waals surface area contributed by atoms with Crippen molar-refractivity contribution in [2.45, 2.75) is 6.54 Å². The number of nitrogens with zero attached hydrogens (tertiary/aromatic N) is 2. The minimum atomic E-state index is -0.133. The fraction of sp³-hybridized carbons (Fsp3) is 0.333. The molecule has 0 fully saturated rings. The van der Waals surface area contributed by atoms with E-state index in [4.69, 9.17) is 9.47 Å². The van der Waals surface area contributed by atoms with Crippen molar-refractivity contribution in [1.82, 2.24) is 10.3 Å². The molecular formula is C18H23N3O3. The van der Waals surface area contributed by atoms with Gasteiger partial charge in [0, 0.05) is 39.5 Å². The van der Waals surface area contributed by atoms with Gasteiger partial charge in [0.25, 0.3) is 5.91 Å². The number of ether oxygens (including phenoxy) is 2. The molecule has 0 saturated carbocycles. The van der Waals surface area contributed by atoms with Crippen molar-refractivity contribution < 1.29 is 14.3 Å². The van der Waals surface area contributed by atoms with E-state index >= 15 is 0 Å². The molecule has 0 aliphatic carbocycles. The summed E-state index contributed by atoms with van der Waals surface area (Å²) in [5, 5.41) is 2.91. The zero-order valence-electron chi connectivity index (χ0n) is 14.3. The van der Waals surface area contributed by atoms with Crippen LogP contribution in [0.1, 0.15) is 15.9 Å². The van der Waals surface area contributed by atoms with Gasteiger partial charge in [-0.1, -0.05) is 12.1 Å². The molecule has 1 aromatic carbocycles. The van der Waals surface area contributed by atoms with E-state index in [0.29, 0.717) is 25.3 Å². The number of hydrogen-bond donors (Lipinski definition) is 1. The second-order valence-corrected chi connectivity index (χ2v) is 5.47. The molecule has 6 heteroatoms. The molecule has 1 aromatic heterocycles. The number of rotatable bonds is 8. The van der Waals surface area contributed by atoms with Gasteiger partial charge in [0.05, 0.1) is 6.61 Å². The highest BCUT2D eigenvalue weighted by Gasteiger charge is 2.08. The molecule has 6 nitrogen and oxygen atoms in total. The summed E-state index contributed by atoms with van der Waals surface area (Å²) < 4.78 is 10.5. The maximum absolute atomic E-state index is 12.3. The van der Waals surface area contributed by atoms with Gasteiger partial charge < -0.3 is 19.7 Å². The lowest BCUT2D eigenvalue weighted by Gasteiger charge is -2.12. The highest BCUT2D eigenvalue weighted by atomic mass is 16.5. The van der Waals surface area contributed by atoms with E-state index in [1.54, 1.807) is 25.4 Å². The summed E-state index contributed by atoms with van der Waals surface area (Å²) in [6.45, 7) is 1.47. The van der Waals surface area contributed by atoms with Crippen LogP contribution in [-0.4, -0.2) is 45.3 Å². The largest absolute Gasteiger partial charge is 0.491 e. The molecule has 1 amide bonds. The molecule has 0 spiro atoms. The van der Waals surface area contributed by atoms with E-state index in [0.717, 1.165) is 17.1 Å². The van der Waals surface area contributed by atoms with Crippen molar-refractivity contribution in [1.29, 1.82) is 0 Å². The summed E-state index contributed by atoms with van der Waals surface area (Å²) in [6, 6.07) is 11.1. The topological polar surface area (TPSA) is 63.7 Å². The van der Waals surface area contributed by atoms with Crippen LogP contribution in [0.5, 0.6) is 5.75 Å². The van der Waals surface area contributed by atoms with Crippen LogP contribution in [0.25, 0.3) is 0 Å². The Morgan fingerprint density at radius 1 is 1.21 bits per heavy atom. The Labute approximate surface area is 142 Å². The first-order valence-electron chi connectivity index (χ1n) is 7.72. The number of benzene rings is 1. The number of carbonyl (C=O) groups is 1. The Balaban J connectivity index is 1.94. The van der Waals surface area contributed by atoms with Gasteiger partial charge in [0.1, 0.15) is 18.2 Å². The SMILES string of the molecule is COCCOc1cccc(CNC(=O)c2ccnc(N(C)C)c2)c1. The van der Waals surface area contributed by atoms with Gasteiger partial charge in [-0.3, -0.25) is 4.79 Å². The smallest absolute Gasteiger partial charge is 0.251 e. The zero-order chi connectivity index (χ0) is 17.4. The number of pyridine rings is 1. The van der Waals surface area contributed by atoms with E-state index < -0.39 is 0 Å². The quantitative estimate of drug-likeness (QED) is 0.752. The van der Waals surface area contributed by atoms with E-state index in [9.17, 15) is 4.79 Å². The van der Waals surface area contributed by atoms with Crippen LogP contribution in [-0.2, 0) is 11.3 Å². The molecule has 0 aliphatic rings. The number of anilines is 1. The lowest BCUT2D eigenvalue weighted by atomic mass is 10.2. The number of nitrogens with one attached hydrogen (secondary N) is 1. The van der Waals surface area contributed by atoms with Gasteiger partial charge in [0.2, 0.25) is 0 Å². The van der Waals surface area contributed by atoms with Gasteiger partial charge in [-0.05, 0) is 29.8 Å². The molecule has 0 aliphatic heterocycles. The van der Waals surface area contributed by atoms with Gasteiger partial charge in [-0.25, -0.2) is 4.98 Å². The summed E-state index contributed by atoms with van der Waals surface area (Å²) in [6.07, 6.45) is 1.63. The molecule has 2 rings (SSSR count). The predicted molar refractivity (Wildman–Crippen MR) is 93.5 cm³/mol. The Morgan fingerprint density at radius 3 is 2.79 bits per heavy atom. The summed E-state index contributed by atoms with van der Waals surface area (Å²) in [7, 11) is 5.41. The number of methoxy groups -OCH3 is 1. The van der Waals surface area contributed by atoms with Crippen LogP contribution in [0.2, 0.25) is 0 Å². The maximum atomic E-state index is 12.3. The summed E-state index contributed by atoms with van der Waals surface area (Å²) in [5.74, 6) is 1.37. The predicted octanol–water partition coefficient (Wildman–Crippen LogP) is 2.10. The van der Waals surface area contributed by atoms with Crippen molar-refractivity contribution in [3.63, 3.8) is 0 Å². The molecule has 24 heavy (non-hydrogen) atoms. The third kappa shape index (κ3) is 5.24. The van der Waals surface area contributed by atoms with Gasteiger partial charge in [0.15, 0.2) is 0 Å². The third-order valence-electron chi connectivity index (χ3n) is 3.37. The zero-order valence-corrected chi connectivity index (χ0v) is 14.3. The molecule has 0 saturated heterocycles. The van der Waals surface area contributed by atoms with Crippen LogP contribution < -0.4 is 15.0 Å². The van der Waals surface area contributed by atoms with Crippen LogP contribution in [0.4, 0.5) is 5.82 Å². The molecule has 0 atom stereocenters. The monoisotopic (exact) mass is 329 g/mol. The van der Waals surface area contributed by atoms with Crippen molar-refractivity contribution in [2.24, 2.45) is 0 Å². The average Bonchev–Trinajstić information content (AvgIpc) is 2.60. The lowest BCUT2D eigenvalue weighted by Crippen LogP contribution is -2.23. The van der Waals surface area contributed by atoms with E-state index in [1.807, 2.05) is 43.3 Å². The highest BCUT2D eigenvalue weighted by Crippen LogP contribution is 2.14. The second-order valence-electron chi connectivity index (χ2n) is 5.47. The minimum absolute atomic E-state index is 0.133. The molecule has 2 aromatic rings.